The number of hydrogen-bond acceptors (Lipinski definition) is 1. The molecule has 1 atom stereocenters. The van der Waals surface area contributed by atoms with Crippen molar-refractivity contribution in [2.75, 3.05) is 0 Å². The van der Waals surface area contributed by atoms with E-state index in [1.54, 1.807) is 0 Å². The standard InChI is InChI=1S/C49H45N/c1-30(7-4-14-45(50)41-26-20-37-18-16-33-11-6-13-35-22-28-43(41)49(37)47(33)35)44-29-38(23-25-39(44)31-8-2-3-9-31)40-24-19-36-17-15-32-10-5-12-34-21-27-42(40)48(36)46(32)34/h4-7,10-19,23-25,29,31,45H,2-3,8-9,20-22,26-28,50H2,1H3/b14-4-,30-7+. The van der Waals surface area contributed by atoms with Gasteiger partial charge in [0.05, 0.1) is 0 Å². The number of rotatable bonds is 6. The van der Waals surface area contributed by atoms with Crippen molar-refractivity contribution in [1.29, 1.82) is 0 Å². The number of allylic oxidation sites excluding steroid dienone is 4. The van der Waals surface area contributed by atoms with Gasteiger partial charge < -0.3 is 5.73 Å². The summed E-state index contributed by atoms with van der Waals surface area (Å²) in [6.45, 7) is 2.31. The highest BCUT2D eigenvalue weighted by atomic mass is 14.6. The van der Waals surface area contributed by atoms with Gasteiger partial charge in [-0.2, -0.15) is 0 Å². The van der Waals surface area contributed by atoms with E-state index in [0.29, 0.717) is 5.92 Å². The van der Waals surface area contributed by atoms with Crippen LogP contribution in [0.3, 0.4) is 0 Å². The average Bonchev–Trinajstić information content (AvgIpc) is 3.71. The maximum atomic E-state index is 7.04. The average molecular weight is 648 g/mol. The molecule has 4 aliphatic rings. The lowest BCUT2D eigenvalue weighted by atomic mass is 9.74. The first kappa shape index (κ1) is 30.1. The number of benzene rings is 6. The van der Waals surface area contributed by atoms with Gasteiger partial charge in [-0.15, -0.1) is 0 Å². The quantitative estimate of drug-likeness (QED) is 0.141. The first-order valence-electron chi connectivity index (χ1n) is 19.1. The Hall–Kier alpha value is -4.72. The van der Waals surface area contributed by atoms with Crippen LogP contribution >= 0.6 is 0 Å². The molecule has 2 N–H and O–H groups in total. The van der Waals surface area contributed by atoms with Crippen LogP contribution in [0.15, 0.2) is 115 Å². The molecule has 246 valence electrons. The van der Waals surface area contributed by atoms with Crippen LogP contribution in [0.4, 0.5) is 0 Å². The third-order valence-corrected chi connectivity index (χ3v) is 12.7. The molecule has 50 heavy (non-hydrogen) atoms. The lowest BCUT2D eigenvalue weighted by Crippen LogP contribution is -2.25. The Morgan fingerprint density at radius 2 is 1.38 bits per heavy atom. The number of hydrogen-bond donors (Lipinski definition) is 1. The second-order valence-corrected chi connectivity index (χ2v) is 15.4. The molecule has 0 bridgehead atoms. The second kappa shape index (κ2) is 12.0. The second-order valence-electron chi connectivity index (χ2n) is 15.4. The summed E-state index contributed by atoms with van der Waals surface area (Å²) in [5, 5.41) is 8.51. The Kier molecular flexibility index (Phi) is 7.21. The molecule has 4 aliphatic carbocycles. The van der Waals surface area contributed by atoms with E-state index in [1.807, 2.05) is 0 Å². The highest BCUT2D eigenvalue weighted by Crippen LogP contribution is 2.46. The van der Waals surface area contributed by atoms with E-state index in [1.165, 1.54) is 125 Å². The minimum atomic E-state index is -0.0613. The van der Waals surface area contributed by atoms with Crippen LogP contribution in [0.1, 0.15) is 90.3 Å². The van der Waals surface area contributed by atoms with Crippen molar-refractivity contribution in [1.82, 2.24) is 0 Å². The van der Waals surface area contributed by atoms with Gasteiger partial charge in [0.25, 0.3) is 0 Å². The van der Waals surface area contributed by atoms with Crippen LogP contribution in [-0.2, 0) is 25.7 Å². The van der Waals surface area contributed by atoms with Gasteiger partial charge in [0.2, 0.25) is 0 Å². The molecule has 10 rings (SSSR count). The van der Waals surface area contributed by atoms with Crippen LogP contribution in [0.25, 0.3) is 54.6 Å². The van der Waals surface area contributed by atoms with Crippen molar-refractivity contribution in [3.05, 3.63) is 154 Å². The fourth-order valence-electron chi connectivity index (χ4n) is 10.3. The normalized spacial score (nSPS) is 18.0. The van der Waals surface area contributed by atoms with E-state index >= 15 is 0 Å². The lowest BCUT2D eigenvalue weighted by Gasteiger charge is -2.31. The molecule has 0 heterocycles. The van der Waals surface area contributed by atoms with Crippen LogP contribution in [0, 0.1) is 0 Å². The van der Waals surface area contributed by atoms with E-state index < -0.39 is 0 Å². The van der Waals surface area contributed by atoms with Crippen molar-refractivity contribution in [2.45, 2.75) is 83.1 Å². The highest BCUT2D eigenvalue weighted by Gasteiger charge is 2.28. The third kappa shape index (κ3) is 4.78. The molecule has 1 fully saturated rings. The first-order chi connectivity index (χ1) is 24.6. The molecule has 1 unspecified atom stereocenters. The monoisotopic (exact) mass is 647 g/mol. The summed E-state index contributed by atoms with van der Waals surface area (Å²) in [6.07, 6.45) is 18.7. The predicted octanol–water partition coefficient (Wildman–Crippen LogP) is 12.2. The van der Waals surface area contributed by atoms with Crippen molar-refractivity contribution in [2.24, 2.45) is 5.73 Å². The minimum absolute atomic E-state index is 0.0613. The smallest absolute Gasteiger partial charge is 0.0449 e. The number of nitrogens with two attached hydrogens (primary N) is 1. The van der Waals surface area contributed by atoms with Crippen LogP contribution in [0.5, 0.6) is 0 Å². The molecule has 0 aliphatic heterocycles. The minimum Gasteiger partial charge on any atom is -0.321 e. The number of aryl methyl sites for hydroxylation is 4. The van der Waals surface area contributed by atoms with Gasteiger partial charge in [-0.1, -0.05) is 116 Å². The predicted molar refractivity (Wildman–Crippen MR) is 214 cm³/mol. The van der Waals surface area contributed by atoms with Gasteiger partial charge in [-0.25, -0.2) is 0 Å². The maximum absolute atomic E-state index is 7.04. The zero-order chi connectivity index (χ0) is 33.3. The Morgan fingerprint density at radius 1 is 0.680 bits per heavy atom. The van der Waals surface area contributed by atoms with Gasteiger partial charge in [0.15, 0.2) is 0 Å². The summed E-state index contributed by atoms with van der Waals surface area (Å²) in [5.74, 6) is 0.648. The molecule has 0 amide bonds. The zero-order valence-corrected chi connectivity index (χ0v) is 29.2. The van der Waals surface area contributed by atoms with E-state index in [2.05, 4.69) is 116 Å². The molecule has 6 aromatic carbocycles. The van der Waals surface area contributed by atoms with E-state index in [4.69, 9.17) is 5.73 Å². The van der Waals surface area contributed by atoms with Gasteiger partial charge >= 0.3 is 0 Å². The molecule has 1 nitrogen and oxygen atoms in total. The van der Waals surface area contributed by atoms with Gasteiger partial charge in [0, 0.05) is 6.04 Å². The van der Waals surface area contributed by atoms with Crippen molar-refractivity contribution < 1.29 is 0 Å². The first-order valence-corrected chi connectivity index (χ1v) is 19.1. The zero-order valence-electron chi connectivity index (χ0n) is 29.2. The summed E-state index contributed by atoms with van der Waals surface area (Å²) in [7, 11) is 0. The van der Waals surface area contributed by atoms with E-state index in [-0.39, 0.29) is 6.04 Å². The molecule has 1 saturated carbocycles. The topological polar surface area (TPSA) is 26.0 Å². The molecule has 0 spiro atoms. The Labute approximate surface area is 296 Å². The molecule has 0 saturated heterocycles. The summed E-state index contributed by atoms with van der Waals surface area (Å²) >= 11 is 0. The summed E-state index contributed by atoms with van der Waals surface area (Å²) in [6, 6.07) is 35.0. The van der Waals surface area contributed by atoms with Crippen LogP contribution < -0.4 is 5.73 Å². The Balaban J connectivity index is 1.02. The lowest BCUT2D eigenvalue weighted by molar-refractivity contribution is 0.721. The van der Waals surface area contributed by atoms with Crippen molar-refractivity contribution in [3.8, 4) is 11.1 Å². The van der Waals surface area contributed by atoms with Crippen LogP contribution in [0.2, 0.25) is 0 Å². The fraction of sp³-hybridized carbons (Fsp3) is 0.265. The summed E-state index contributed by atoms with van der Waals surface area (Å²) < 4.78 is 0. The summed E-state index contributed by atoms with van der Waals surface area (Å²) in [4.78, 5) is 0. The Bertz CT molecular complexity index is 2460. The molecule has 0 radical (unpaired) electrons. The molecule has 0 aromatic heterocycles. The van der Waals surface area contributed by atoms with Gasteiger partial charge in [0.1, 0.15) is 0 Å². The van der Waals surface area contributed by atoms with Crippen LogP contribution in [-0.4, -0.2) is 6.04 Å². The largest absolute Gasteiger partial charge is 0.321 e. The SMILES string of the molecule is C/C(=C\C=C/C(N)C1=C2CCc3cccc4ccc(c2c34)CC1)c1cc(-c2ccc3ccc4cccc5c4c3c2CC5)ccc1C1CCCC1. The van der Waals surface area contributed by atoms with E-state index in [9.17, 15) is 0 Å². The van der Waals surface area contributed by atoms with Crippen molar-refractivity contribution in [3.63, 3.8) is 0 Å². The molecule has 6 aromatic rings. The molecule has 1 heteroatoms. The van der Waals surface area contributed by atoms with Gasteiger partial charge in [-0.3, -0.25) is 0 Å². The molecular formula is C49H45N. The van der Waals surface area contributed by atoms with E-state index in [0.717, 1.165) is 38.5 Å². The van der Waals surface area contributed by atoms with Gasteiger partial charge in [-0.05, 0) is 169 Å². The molecular weight excluding hydrogens is 603 g/mol. The summed E-state index contributed by atoms with van der Waals surface area (Å²) in [5.41, 5.74) is 24.5. The highest BCUT2D eigenvalue weighted by molar-refractivity contribution is 6.13. The Morgan fingerprint density at radius 3 is 2.22 bits per heavy atom. The maximum Gasteiger partial charge on any atom is 0.0449 e. The third-order valence-electron chi connectivity index (χ3n) is 12.7. The fourth-order valence-corrected chi connectivity index (χ4v) is 10.3. The van der Waals surface area contributed by atoms with Crippen molar-refractivity contribution >= 4 is 43.5 Å².